The van der Waals surface area contributed by atoms with Gasteiger partial charge in [0.1, 0.15) is 5.75 Å². The minimum atomic E-state index is 0.0123. The molecule has 1 saturated carbocycles. The number of rotatable bonds is 6. The highest BCUT2D eigenvalue weighted by molar-refractivity contribution is 5.95. The third kappa shape index (κ3) is 4.36. The van der Waals surface area contributed by atoms with Crippen LogP contribution in [0.1, 0.15) is 31.2 Å². The zero-order valence-electron chi connectivity index (χ0n) is 16.8. The fourth-order valence-corrected chi connectivity index (χ4v) is 3.76. The molecule has 0 atom stereocenters. The molecule has 0 unspecified atom stereocenters. The van der Waals surface area contributed by atoms with Crippen molar-refractivity contribution in [3.63, 3.8) is 0 Å². The molecule has 1 saturated heterocycles. The van der Waals surface area contributed by atoms with Crippen molar-refractivity contribution in [2.75, 3.05) is 30.4 Å². The largest absolute Gasteiger partial charge is 0.497 e. The highest BCUT2D eigenvalue weighted by atomic mass is 16.5. The Balaban J connectivity index is 1.39. The summed E-state index contributed by atoms with van der Waals surface area (Å²) in [7, 11) is 1.64. The van der Waals surface area contributed by atoms with Crippen molar-refractivity contribution >= 4 is 23.3 Å². The molecular formula is C23H27N3O3. The number of amides is 3. The van der Waals surface area contributed by atoms with Crippen molar-refractivity contribution in [3.8, 4) is 5.75 Å². The van der Waals surface area contributed by atoms with E-state index in [1.807, 2.05) is 58.3 Å². The first kappa shape index (κ1) is 19.3. The molecule has 0 spiro atoms. The summed E-state index contributed by atoms with van der Waals surface area (Å²) in [5, 5.41) is 2.97. The first-order valence-corrected chi connectivity index (χ1v) is 10.2. The van der Waals surface area contributed by atoms with E-state index < -0.39 is 0 Å². The van der Waals surface area contributed by atoms with Crippen molar-refractivity contribution in [1.29, 1.82) is 0 Å². The number of anilines is 2. The van der Waals surface area contributed by atoms with Crippen LogP contribution in [0.4, 0.5) is 16.2 Å². The van der Waals surface area contributed by atoms with E-state index in [2.05, 4.69) is 5.32 Å². The molecule has 1 aliphatic heterocycles. The van der Waals surface area contributed by atoms with Gasteiger partial charge in [-0.2, -0.15) is 0 Å². The monoisotopic (exact) mass is 393 g/mol. The normalized spacial score (nSPS) is 17.1. The number of nitrogens with one attached hydrogen (secondary N) is 1. The Hall–Kier alpha value is -3.02. The van der Waals surface area contributed by atoms with E-state index in [1.54, 1.807) is 7.11 Å². The number of ether oxygens (including phenoxy) is 1. The zero-order valence-corrected chi connectivity index (χ0v) is 16.8. The molecule has 4 rings (SSSR count). The first-order valence-electron chi connectivity index (χ1n) is 10.2. The fourth-order valence-electron chi connectivity index (χ4n) is 3.76. The molecule has 0 radical (unpaired) electrons. The van der Waals surface area contributed by atoms with Gasteiger partial charge in [0.25, 0.3) is 0 Å². The van der Waals surface area contributed by atoms with Gasteiger partial charge in [-0.25, -0.2) is 4.79 Å². The van der Waals surface area contributed by atoms with E-state index in [4.69, 9.17) is 4.74 Å². The van der Waals surface area contributed by atoms with E-state index in [0.717, 1.165) is 54.9 Å². The predicted molar refractivity (Wildman–Crippen MR) is 113 cm³/mol. The second kappa shape index (κ2) is 8.55. The van der Waals surface area contributed by atoms with Gasteiger partial charge >= 0.3 is 6.03 Å². The smallest absolute Gasteiger partial charge is 0.324 e. The maximum atomic E-state index is 13.0. The van der Waals surface area contributed by atoms with Crippen LogP contribution in [0.5, 0.6) is 5.75 Å². The second-order valence-corrected chi connectivity index (χ2v) is 7.72. The van der Waals surface area contributed by atoms with Gasteiger partial charge in [0.05, 0.1) is 7.11 Å². The number of methoxy groups -OCH3 is 1. The van der Waals surface area contributed by atoms with Crippen LogP contribution in [0, 0.1) is 5.92 Å². The number of urea groups is 1. The lowest BCUT2D eigenvalue weighted by Gasteiger charge is -2.35. The summed E-state index contributed by atoms with van der Waals surface area (Å²) in [6.07, 6.45) is 4.02. The van der Waals surface area contributed by atoms with Crippen LogP contribution in [0.3, 0.4) is 0 Å². The number of benzene rings is 2. The van der Waals surface area contributed by atoms with E-state index in [9.17, 15) is 9.59 Å². The summed E-state index contributed by atoms with van der Waals surface area (Å²) in [5.74, 6) is 1.07. The molecule has 6 nitrogen and oxygen atoms in total. The second-order valence-electron chi connectivity index (χ2n) is 7.72. The van der Waals surface area contributed by atoms with E-state index in [1.165, 1.54) is 0 Å². The fraction of sp³-hybridized carbons (Fsp3) is 0.391. The maximum Gasteiger partial charge on any atom is 0.324 e. The molecule has 2 fully saturated rings. The van der Waals surface area contributed by atoms with Crippen LogP contribution < -0.4 is 15.0 Å². The summed E-state index contributed by atoms with van der Waals surface area (Å²) in [6.45, 7) is 2.03. The van der Waals surface area contributed by atoms with Crippen molar-refractivity contribution in [2.45, 2.75) is 32.2 Å². The maximum absolute atomic E-state index is 13.0. The number of carbonyl (C=O) groups excluding carboxylic acids is 2. The van der Waals surface area contributed by atoms with Gasteiger partial charge in [-0.15, -0.1) is 0 Å². The van der Waals surface area contributed by atoms with E-state index in [0.29, 0.717) is 13.1 Å². The summed E-state index contributed by atoms with van der Waals surface area (Å²) in [5.41, 5.74) is 2.72. The Morgan fingerprint density at radius 2 is 1.76 bits per heavy atom. The van der Waals surface area contributed by atoms with Gasteiger partial charge < -0.3 is 15.0 Å². The first-order chi connectivity index (χ1) is 14.1. The van der Waals surface area contributed by atoms with Crippen LogP contribution in [0.2, 0.25) is 0 Å². The molecule has 6 heteroatoms. The Morgan fingerprint density at radius 3 is 2.38 bits per heavy atom. The molecule has 3 amide bonds. The van der Waals surface area contributed by atoms with Crippen LogP contribution in [0.15, 0.2) is 48.5 Å². The number of hydrogen-bond acceptors (Lipinski definition) is 3. The Labute approximate surface area is 171 Å². The molecule has 0 bridgehead atoms. The molecule has 2 aliphatic rings. The van der Waals surface area contributed by atoms with Crippen LogP contribution in [0.25, 0.3) is 0 Å². The zero-order chi connectivity index (χ0) is 20.2. The molecule has 1 N–H and O–H groups in total. The molecule has 2 aromatic carbocycles. The lowest BCUT2D eigenvalue weighted by Crippen LogP contribution is -2.49. The number of carbonyl (C=O) groups is 2. The van der Waals surface area contributed by atoms with E-state index in [-0.39, 0.29) is 17.9 Å². The number of hydrogen-bond donors (Lipinski definition) is 1. The summed E-state index contributed by atoms with van der Waals surface area (Å²) in [6, 6.07) is 15.4. The van der Waals surface area contributed by atoms with E-state index >= 15 is 0 Å². The van der Waals surface area contributed by atoms with Gasteiger partial charge in [-0.3, -0.25) is 9.69 Å². The predicted octanol–water partition coefficient (Wildman–Crippen LogP) is 4.27. The molecular weight excluding hydrogens is 366 g/mol. The van der Waals surface area contributed by atoms with Crippen molar-refractivity contribution in [2.24, 2.45) is 5.92 Å². The lowest BCUT2D eigenvalue weighted by atomic mass is 9.85. The van der Waals surface area contributed by atoms with Gasteiger partial charge in [-0.05, 0) is 61.2 Å². The van der Waals surface area contributed by atoms with Crippen LogP contribution in [-0.4, -0.2) is 37.0 Å². The standard InChI is InChI=1S/C23H27N3O3/c1-29-21-12-6-17(7-13-21)16-25-14-3-15-26(23(25)28)20-10-8-19(9-11-20)24-22(27)18-4-2-5-18/h6-13,18H,2-5,14-16H2,1H3,(H,24,27). The van der Waals surface area contributed by atoms with Gasteiger partial charge in [0.15, 0.2) is 0 Å². The molecule has 1 aliphatic carbocycles. The Bertz CT molecular complexity index is 860. The molecule has 0 aromatic heterocycles. The molecule has 1 heterocycles. The lowest BCUT2D eigenvalue weighted by molar-refractivity contribution is -0.122. The minimum Gasteiger partial charge on any atom is -0.497 e. The van der Waals surface area contributed by atoms with Gasteiger partial charge in [0, 0.05) is 36.9 Å². The molecule has 2 aromatic rings. The van der Waals surface area contributed by atoms with Crippen LogP contribution >= 0.6 is 0 Å². The third-order valence-corrected chi connectivity index (χ3v) is 5.77. The van der Waals surface area contributed by atoms with Gasteiger partial charge in [0.2, 0.25) is 5.91 Å². The third-order valence-electron chi connectivity index (χ3n) is 5.77. The molecule has 29 heavy (non-hydrogen) atoms. The highest BCUT2D eigenvalue weighted by Crippen LogP contribution is 2.28. The van der Waals surface area contributed by atoms with Crippen molar-refractivity contribution in [3.05, 3.63) is 54.1 Å². The topological polar surface area (TPSA) is 61.9 Å². The summed E-state index contributed by atoms with van der Waals surface area (Å²) in [4.78, 5) is 28.8. The summed E-state index contributed by atoms with van der Waals surface area (Å²) >= 11 is 0. The SMILES string of the molecule is COc1ccc(CN2CCCN(c3ccc(NC(=O)C4CCC4)cc3)C2=O)cc1. The van der Waals surface area contributed by atoms with Crippen molar-refractivity contribution < 1.29 is 14.3 Å². The Kier molecular flexibility index (Phi) is 5.69. The average molecular weight is 393 g/mol. The Morgan fingerprint density at radius 1 is 1.03 bits per heavy atom. The quantitative estimate of drug-likeness (QED) is 0.797. The minimum absolute atomic E-state index is 0.0123. The molecule has 152 valence electrons. The van der Waals surface area contributed by atoms with Crippen molar-refractivity contribution in [1.82, 2.24) is 4.90 Å². The van der Waals surface area contributed by atoms with Gasteiger partial charge in [-0.1, -0.05) is 18.6 Å². The average Bonchev–Trinajstić information content (AvgIpc) is 2.69. The highest BCUT2D eigenvalue weighted by Gasteiger charge is 2.27. The van der Waals surface area contributed by atoms with Crippen LogP contribution in [-0.2, 0) is 11.3 Å². The number of nitrogens with zero attached hydrogens (tertiary/aromatic N) is 2. The summed E-state index contributed by atoms with van der Waals surface area (Å²) < 4.78 is 5.20.